The van der Waals surface area contributed by atoms with Crippen molar-refractivity contribution in [2.75, 3.05) is 6.61 Å². The van der Waals surface area contributed by atoms with Gasteiger partial charge in [0.15, 0.2) is 0 Å². The minimum atomic E-state index is -0.207. The van der Waals surface area contributed by atoms with Crippen molar-refractivity contribution in [2.24, 2.45) is 0 Å². The first kappa shape index (κ1) is 11.3. The molecule has 17 heavy (non-hydrogen) atoms. The van der Waals surface area contributed by atoms with E-state index in [1.165, 1.54) is 12.1 Å². The Morgan fingerprint density at radius 1 is 1.06 bits per heavy atom. The van der Waals surface area contributed by atoms with E-state index in [2.05, 4.69) is 9.97 Å². The third-order valence-corrected chi connectivity index (χ3v) is 2.46. The summed E-state index contributed by atoms with van der Waals surface area (Å²) in [6.07, 6.45) is 1.95. The zero-order valence-electron chi connectivity index (χ0n) is 9.06. The normalized spacial score (nSPS) is 10.4. The van der Waals surface area contributed by atoms with Crippen LogP contribution in [0.1, 0.15) is 5.69 Å². The molecule has 0 amide bonds. The summed E-state index contributed by atoms with van der Waals surface area (Å²) in [6, 6.07) is 6.19. The summed E-state index contributed by atoms with van der Waals surface area (Å²) in [5.41, 5.74) is 1.87. The van der Waals surface area contributed by atoms with E-state index in [0.29, 0.717) is 12.1 Å². The molecule has 3 N–H and O–H groups in total. The molecule has 0 atom stereocenters. The van der Waals surface area contributed by atoms with Crippen LogP contribution in [-0.2, 0) is 6.42 Å². The molecule has 0 spiro atoms. The summed E-state index contributed by atoms with van der Waals surface area (Å²) >= 11 is 0. The van der Waals surface area contributed by atoms with Crippen molar-refractivity contribution in [3.63, 3.8) is 0 Å². The Morgan fingerprint density at radius 3 is 2.47 bits per heavy atom. The lowest BCUT2D eigenvalue weighted by Gasteiger charge is -2.07. The van der Waals surface area contributed by atoms with Crippen LogP contribution in [0.25, 0.3) is 11.1 Å². The minimum Gasteiger partial charge on any atom is -0.396 e. The summed E-state index contributed by atoms with van der Waals surface area (Å²) in [7, 11) is 0. The van der Waals surface area contributed by atoms with E-state index in [0.717, 1.165) is 11.1 Å². The van der Waals surface area contributed by atoms with Gasteiger partial charge in [0.25, 0.3) is 0 Å². The van der Waals surface area contributed by atoms with Crippen LogP contribution in [0.4, 0.5) is 0 Å². The van der Waals surface area contributed by atoms with Crippen molar-refractivity contribution < 1.29 is 5.11 Å². The molecule has 2 rings (SSSR count). The Labute approximate surface area is 96.8 Å². The van der Waals surface area contributed by atoms with Crippen LogP contribution in [0.3, 0.4) is 0 Å². The van der Waals surface area contributed by atoms with Gasteiger partial charge >= 0.3 is 0 Å². The maximum atomic E-state index is 11.2. The molecule has 0 unspecified atom stereocenters. The standard InChI is InChI=1S/C12H12N2O3/c15-6-5-10-9(2-4-12(17)14-10)8-1-3-11(16)13-7-8/h1-4,7,15H,5-6H2,(H,13,16)(H,14,17). The third kappa shape index (κ3) is 2.51. The van der Waals surface area contributed by atoms with E-state index in [1.807, 2.05) is 0 Å². The van der Waals surface area contributed by atoms with Crippen molar-refractivity contribution in [1.29, 1.82) is 0 Å². The van der Waals surface area contributed by atoms with E-state index in [1.54, 1.807) is 18.3 Å². The number of H-pyrrole nitrogens is 2. The fourth-order valence-corrected chi connectivity index (χ4v) is 1.67. The summed E-state index contributed by atoms with van der Waals surface area (Å²) in [4.78, 5) is 27.4. The predicted octanol–water partition coefficient (Wildman–Crippen LogP) is 0.265. The Hall–Kier alpha value is -2.14. The Morgan fingerprint density at radius 2 is 1.82 bits per heavy atom. The second-order valence-corrected chi connectivity index (χ2v) is 3.63. The highest BCUT2D eigenvalue weighted by molar-refractivity contribution is 5.64. The number of aromatic nitrogens is 2. The van der Waals surface area contributed by atoms with Crippen LogP contribution in [0.15, 0.2) is 40.1 Å². The third-order valence-electron chi connectivity index (χ3n) is 2.46. The van der Waals surface area contributed by atoms with Gasteiger partial charge in [-0.25, -0.2) is 0 Å². The molecule has 5 nitrogen and oxygen atoms in total. The molecule has 2 heterocycles. The number of aromatic amines is 2. The molecular weight excluding hydrogens is 220 g/mol. The van der Waals surface area contributed by atoms with Crippen LogP contribution in [0.5, 0.6) is 0 Å². The van der Waals surface area contributed by atoms with Crippen molar-refractivity contribution in [1.82, 2.24) is 9.97 Å². The van der Waals surface area contributed by atoms with Gasteiger partial charge in [0.2, 0.25) is 11.1 Å². The molecule has 0 aliphatic carbocycles. The number of hydrogen-bond donors (Lipinski definition) is 3. The molecule has 0 saturated heterocycles. The number of aliphatic hydroxyl groups excluding tert-OH is 1. The van der Waals surface area contributed by atoms with Crippen molar-refractivity contribution in [2.45, 2.75) is 6.42 Å². The lowest BCUT2D eigenvalue weighted by Crippen LogP contribution is -2.10. The molecule has 0 aromatic carbocycles. The van der Waals surface area contributed by atoms with Gasteiger partial charge in [0.05, 0.1) is 0 Å². The van der Waals surface area contributed by atoms with Crippen molar-refractivity contribution >= 4 is 0 Å². The van der Waals surface area contributed by atoms with Gasteiger partial charge in [-0.05, 0) is 17.7 Å². The SMILES string of the molecule is O=c1ccc(-c2ccc(=O)[nH]c2CCO)c[nH]1. The average molecular weight is 232 g/mol. The molecule has 0 radical (unpaired) electrons. The van der Waals surface area contributed by atoms with Crippen LogP contribution >= 0.6 is 0 Å². The van der Waals surface area contributed by atoms with E-state index in [9.17, 15) is 9.59 Å². The molecule has 0 aliphatic rings. The van der Waals surface area contributed by atoms with Crippen LogP contribution in [0, 0.1) is 0 Å². The highest BCUT2D eigenvalue weighted by Crippen LogP contribution is 2.19. The number of aliphatic hydroxyl groups is 1. The van der Waals surface area contributed by atoms with Crippen LogP contribution in [0.2, 0.25) is 0 Å². The van der Waals surface area contributed by atoms with Gasteiger partial charge in [0, 0.05) is 42.6 Å². The number of nitrogens with one attached hydrogen (secondary N) is 2. The van der Waals surface area contributed by atoms with Crippen LogP contribution in [-0.4, -0.2) is 21.7 Å². The molecule has 0 bridgehead atoms. The average Bonchev–Trinajstić information content (AvgIpc) is 2.31. The molecule has 0 aliphatic heterocycles. The Kier molecular flexibility index (Phi) is 3.20. The molecule has 0 fully saturated rings. The predicted molar refractivity (Wildman–Crippen MR) is 63.9 cm³/mol. The molecule has 0 saturated carbocycles. The highest BCUT2D eigenvalue weighted by atomic mass is 16.3. The highest BCUT2D eigenvalue weighted by Gasteiger charge is 2.05. The fraction of sp³-hybridized carbons (Fsp3) is 0.167. The molecule has 2 aromatic heterocycles. The van der Waals surface area contributed by atoms with Gasteiger partial charge in [-0.2, -0.15) is 0 Å². The molecule has 2 aromatic rings. The van der Waals surface area contributed by atoms with Crippen molar-refractivity contribution in [3.8, 4) is 11.1 Å². The zero-order valence-corrected chi connectivity index (χ0v) is 9.06. The fourth-order valence-electron chi connectivity index (χ4n) is 1.67. The van der Waals surface area contributed by atoms with E-state index >= 15 is 0 Å². The quantitative estimate of drug-likeness (QED) is 0.709. The molecular formula is C12H12N2O3. The second kappa shape index (κ2) is 4.80. The zero-order chi connectivity index (χ0) is 12.3. The number of pyridine rings is 2. The van der Waals surface area contributed by atoms with Gasteiger partial charge in [-0.3, -0.25) is 9.59 Å². The van der Waals surface area contributed by atoms with Crippen LogP contribution < -0.4 is 11.1 Å². The number of hydrogen-bond acceptors (Lipinski definition) is 3. The minimum absolute atomic E-state index is 0.0453. The van der Waals surface area contributed by atoms with E-state index < -0.39 is 0 Å². The first-order valence-corrected chi connectivity index (χ1v) is 5.23. The summed E-state index contributed by atoms with van der Waals surface area (Å²) in [6.45, 7) is -0.0453. The topological polar surface area (TPSA) is 85.9 Å². The summed E-state index contributed by atoms with van der Waals surface area (Å²) in [5, 5.41) is 8.95. The number of rotatable bonds is 3. The maximum Gasteiger partial charge on any atom is 0.248 e. The lowest BCUT2D eigenvalue weighted by molar-refractivity contribution is 0.298. The monoisotopic (exact) mass is 232 g/mol. The maximum absolute atomic E-state index is 11.2. The summed E-state index contributed by atoms with van der Waals surface area (Å²) in [5.74, 6) is 0. The molecule has 5 heteroatoms. The first-order chi connectivity index (χ1) is 8.20. The van der Waals surface area contributed by atoms with Gasteiger partial charge in [-0.15, -0.1) is 0 Å². The smallest absolute Gasteiger partial charge is 0.248 e. The second-order valence-electron chi connectivity index (χ2n) is 3.63. The van der Waals surface area contributed by atoms with Gasteiger partial charge in [0.1, 0.15) is 0 Å². The van der Waals surface area contributed by atoms with Gasteiger partial charge in [-0.1, -0.05) is 0 Å². The largest absolute Gasteiger partial charge is 0.396 e. The van der Waals surface area contributed by atoms with E-state index in [4.69, 9.17) is 5.11 Å². The lowest BCUT2D eigenvalue weighted by atomic mass is 10.0. The molecule has 88 valence electrons. The van der Waals surface area contributed by atoms with Crippen molar-refractivity contribution in [3.05, 3.63) is 56.9 Å². The Balaban J connectivity index is 2.54. The van der Waals surface area contributed by atoms with Gasteiger partial charge < -0.3 is 15.1 Å². The van der Waals surface area contributed by atoms with E-state index in [-0.39, 0.29) is 17.7 Å². The first-order valence-electron chi connectivity index (χ1n) is 5.23. The Bertz CT molecular complexity index is 608. The summed E-state index contributed by atoms with van der Waals surface area (Å²) < 4.78 is 0.